The van der Waals surface area contributed by atoms with E-state index in [1.165, 1.54) is 7.11 Å². The quantitative estimate of drug-likeness (QED) is 0.377. The van der Waals surface area contributed by atoms with E-state index in [0.29, 0.717) is 12.1 Å². The van der Waals surface area contributed by atoms with Gasteiger partial charge in [0.05, 0.1) is 39.1 Å². The molecule has 1 aliphatic heterocycles. The molecule has 1 N–H and O–H groups in total. The molecule has 0 aromatic heterocycles. The van der Waals surface area contributed by atoms with Gasteiger partial charge in [0.1, 0.15) is 0 Å². The summed E-state index contributed by atoms with van der Waals surface area (Å²) in [5.41, 5.74) is -1.95. The number of thioether (sulfide) groups is 1. The number of ether oxygens (including phenoxy) is 1. The van der Waals surface area contributed by atoms with Crippen LogP contribution in [-0.4, -0.2) is 48.8 Å². The van der Waals surface area contributed by atoms with Gasteiger partial charge in [0.25, 0.3) is 11.4 Å². The van der Waals surface area contributed by atoms with Crippen LogP contribution in [-0.2, 0) is 9.53 Å². The number of aliphatic imine (C=N–C) groups is 1. The van der Waals surface area contributed by atoms with E-state index in [4.69, 9.17) is 9.84 Å². The summed E-state index contributed by atoms with van der Waals surface area (Å²) in [6.45, 7) is 4.03. The molecule has 2 aromatic carbocycles. The Bertz CT molecular complexity index is 1100. The van der Waals surface area contributed by atoms with Crippen LogP contribution in [0.5, 0.6) is 5.75 Å². The number of nitro benzene ring substituents is 3. The van der Waals surface area contributed by atoms with Gasteiger partial charge >= 0.3 is 17.3 Å². The first kappa shape index (κ1) is 25.2. The van der Waals surface area contributed by atoms with E-state index in [1.54, 1.807) is 11.8 Å². The lowest BCUT2D eigenvalue weighted by atomic mass is 10.0. The van der Waals surface area contributed by atoms with Crippen LogP contribution in [0.1, 0.15) is 19.4 Å². The number of hydrogen-bond acceptors (Lipinski definition) is 11. The third-order valence-electron chi connectivity index (χ3n) is 4.37. The molecule has 174 valence electrons. The molecule has 0 spiro atoms. The fraction of sp³-hybridized carbons (Fsp3) is 0.263. The lowest BCUT2D eigenvalue weighted by Gasteiger charge is -2.21. The minimum Gasteiger partial charge on any atom is -0.497 e. The van der Waals surface area contributed by atoms with E-state index in [1.807, 2.05) is 44.2 Å². The van der Waals surface area contributed by atoms with Crippen molar-refractivity contribution in [3.05, 3.63) is 78.4 Å². The molecule has 1 unspecified atom stereocenters. The maximum atomic E-state index is 11.7. The predicted octanol–water partition coefficient (Wildman–Crippen LogP) is 3.62. The molecule has 33 heavy (non-hydrogen) atoms. The second-order valence-electron chi connectivity index (χ2n) is 7.04. The van der Waals surface area contributed by atoms with E-state index < -0.39 is 43.6 Å². The number of esters is 1. The molecule has 3 rings (SSSR count). The molecule has 0 aliphatic carbocycles. The Morgan fingerprint density at radius 3 is 1.97 bits per heavy atom. The molecule has 1 heterocycles. The minimum absolute atomic E-state index is 0.252. The number of non-ortho nitro benzene ring substituents is 1. The average molecular weight is 478 g/mol. The van der Waals surface area contributed by atoms with Gasteiger partial charge in [0, 0.05) is 10.3 Å². The van der Waals surface area contributed by atoms with Gasteiger partial charge in [-0.3, -0.25) is 35.3 Å². The molecule has 0 saturated heterocycles. The van der Waals surface area contributed by atoms with Crippen molar-refractivity contribution in [1.29, 1.82) is 0 Å². The fourth-order valence-electron chi connectivity index (χ4n) is 2.74. The normalized spacial score (nSPS) is 16.1. The first-order valence-corrected chi connectivity index (χ1v) is 9.91. The zero-order valence-corrected chi connectivity index (χ0v) is 18.3. The number of benzene rings is 2. The minimum atomic E-state index is -1.21. The second-order valence-corrected chi connectivity index (χ2v) is 8.68. The van der Waals surface area contributed by atoms with E-state index in [-0.39, 0.29) is 10.7 Å². The van der Waals surface area contributed by atoms with Crippen molar-refractivity contribution in [2.75, 3.05) is 7.11 Å². The number of carbonyl (C=O) groups excluding carboxylic acids is 1. The average Bonchev–Trinajstić information content (AvgIpc) is 3.09. The van der Waals surface area contributed by atoms with Gasteiger partial charge < -0.3 is 9.84 Å². The number of rotatable bonds is 5. The molecule has 0 bridgehead atoms. The summed E-state index contributed by atoms with van der Waals surface area (Å²) in [5.74, 6) is -1.48. The Labute approximate surface area is 190 Å². The van der Waals surface area contributed by atoms with Gasteiger partial charge in [-0.05, 0) is 13.8 Å². The van der Waals surface area contributed by atoms with Crippen molar-refractivity contribution in [3.63, 3.8) is 0 Å². The lowest BCUT2D eigenvalue weighted by Crippen LogP contribution is -2.35. The predicted molar refractivity (Wildman–Crippen MR) is 119 cm³/mol. The fourth-order valence-corrected chi connectivity index (χ4v) is 3.91. The Morgan fingerprint density at radius 2 is 1.55 bits per heavy atom. The molecular formula is C19H18N4O9S. The largest absolute Gasteiger partial charge is 0.497 e. The van der Waals surface area contributed by atoms with E-state index in [0.717, 1.165) is 10.6 Å². The highest BCUT2D eigenvalue weighted by Crippen LogP contribution is 2.40. The van der Waals surface area contributed by atoms with Gasteiger partial charge in [-0.1, -0.05) is 42.1 Å². The molecule has 0 fully saturated rings. The van der Waals surface area contributed by atoms with Gasteiger partial charge in [-0.15, -0.1) is 0 Å². The van der Waals surface area contributed by atoms with Crippen LogP contribution < -0.4 is 0 Å². The number of carbonyl (C=O) groups is 1. The number of hydrogen-bond donors (Lipinski definition) is 1. The third-order valence-corrected chi connectivity index (χ3v) is 5.65. The molecule has 0 radical (unpaired) electrons. The number of phenolic OH excluding ortho intramolecular Hbond substituents is 1. The van der Waals surface area contributed by atoms with Crippen molar-refractivity contribution in [3.8, 4) is 5.75 Å². The molecule has 0 amide bonds. The van der Waals surface area contributed by atoms with E-state index in [9.17, 15) is 35.1 Å². The van der Waals surface area contributed by atoms with Crippen molar-refractivity contribution < 1.29 is 29.4 Å². The number of aromatic hydroxyl groups is 1. The smallest absolute Gasteiger partial charge is 0.332 e. The van der Waals surface area contributed by atoms with Gasteiger partial charge in [0.2, 0.25) is 0 Å². The molecule has 0 saturated carbocycles. The summed E-state index contributed by atoms with van der Waals surface area (Å²) in [6.07, 6.45) is 0. The van der Waals surface area contributed by atoms with Gasteiger partial charge in [0.15, 0.2) is 6.04 Å². The third kappa shape index (κ3) is 5.79. The number of methoxy groups -OCH3 is 1. The Morgan fingerprint density at radius 1 is 1.03 bits per heavy atom. The van der Waals surface area contributed by atoms with Gasteiger partial charge in [-0.25, -0.2) is 4.79 Å². The molecule has 14 heteroatoms. The number of nitro groups is 3. The maximum absolute atomic E-state index is 11.7. The Kier molecular flexibility index (Phi) is 7.66. The number of phenols is 1. The lowest BCUT2D eigenvalue weighted by molar-refractivity contribution is -0.404. The van der Waals surface area contributed by atoms with Crippen LogP contribution in [0, 0.1) is 30.3 Å². The highest BCUT2D eigenvalue weighted by Gasteiger charge is 2.43. The van der Waals surface area contributed by atoms with Crippen LogP contribution in [0.25, 0.3) is 0 Å². The van der Waals surface area contributed by atoms with Crippen LogP contribution in [0.4, 0.5) is 17.1 Å². The van der Waals surface area contributed by atoms with Crippen LogP contribution in [0.2, 0.25) is 0 Å². The zero-order valence-electron chi connectivity index (χ0n) is 17.5. The summed E-state index contributed by atoms with van der Waals surface area (Å²) in [5, 5.41) is 41.1. The second kappa shape index (κ2) is 10.0. The van der Waals surface area contributed by atoms with E-state index in [2.05, 4.69) is 4.99 Å². The number of nitrogens with zero attached hydrogens (tertiary/aromatic N) is 4. The summed E-state index contributed by atoms with van der Waals surface area (Å²) in [4.78, 5) is 43.9. The summed E-state index contributed by atoms with van der Waals surface area (Å²) in [7, 11) is 1.40. The highest BCUT2D eigenvalue weighted by atomic mass is 32.2. The molecule has 13 nitrogen and oxygen atoms in total. The Balaban J connectivity index is 0.000000234. The standard InChI is InChI=1S/C13H15NO2S.C6H3N3O7/c1-13(2)10(12(15)16-3)14-11(17-13)9-7-5-4-6-8-9;10-6-4(8(13)14)1-3(7(11)12)2-5(6)9(15)16/h4-8,10H,1-3H3;1-2,10H. The van der Waals surface area contributed by atoms with Crippen LogP contribution in [0.3, 0.4) is 0 Å². The van der Waals surface area contributed by atoms with Crippen LogP contribution in [0.15, 0.2) is 47.5 Å². The van der Waals surface area contributed by atoms with Crippen molar-refractivity contribution in [2.24, 2.45) is 4.99 Å². The van der Waals surface area contributed by atoms with Crippen LogP contribution >= 0.6 is 11.8 Å². The highest BCUT2D eigenvalue weighted by molar-refractivity contribution is 8.15. The molecule has 1 aliphatic rings. The molecule has 2 aromatic rings. The van der Waals surface area contributed by atoms with Crippen molar-refractivity contribution >= 4 is 39.8 Å². The summed E-state index contributed by atoms with van der Waals surface area (Å²) in [6, 6.07) is 10.4. The first-order chi connectivity index (χ1) is 15.4. The maximum Gasteiger partial charge on any atom is 0.332 e. The van der Waals surface area contributed by atoms with Gasteiger partial charge in [-0.2, -0.15) is 0 Å². The molecular weight excluding hydrogens is 460 g/mol. The van der Waals surface area contributed by atoms with Crippen molar-refractivity contribution in [1.82, 2.24) is 0 Å². The Hall–Kier alpha value is -4.07. The SMILES string of the molecule is COC(=O)C1N=C(c2ccccc2)SC1(C)C.O=[N+]([O-])c1cc([N+](=O)[O-])c(O)c([N+](=O)[O-])c1. The molecule has 1 atom stereocenters. The van der Waals surface area contributed by atoms with Crippen molar-refractivity contribution in [2.45, 2.75) is 24.6 Å². The first-order valence-electron chi connectivity index (χ1n) is 9.09. The summed E-state index contributed by atoms with van der Waals surface area (Å²) >= 11 is 1.62. The monoisotopic (exact) mass is 478 g/mol. The topological polar surface area (TPSA) is 188 Å². The van der Waals surface area contributed by atoms with E-state index >= 15 is 0 Å². The zero-order chi connectivity index (χ0) is 24.9. The summed E-state index contributed by atoms with van der Waals surface area (Å²) < 4.78 is 4.54.